The Morgan fingerprint density at radius 3 is 2.82 bits per heavy atom. The fourth-order valence-electron chi connectivity index (χ4n) is 1.58. The molecule has 0 saturated carbocycles. The average molecular weight is 342 g/mol. The molecule has 0 unspecified atom stereocenters. The van der Waals surface area contributed by atoms with E-state index in [1.807, 2.05) is 0 Å². The first-order chi connectivity index (χ1) is 10.4. The molecule has 0 aliphatic heterocycles. The molecule has 1 aromatic carbocycles. The molecule has 0 spiro atoms. The number of rotatable bonds is 5. The third-order valence-corrected chi connectivity index (χ3v) is 3.83. The van der Waals surface area contributed by atoms with Crippen molar-refractivity contribution < 1.29 is 14.1 Å². The van der Waals surface area contributed by atoms with E-state index in [-0.39, 0.29) is 22.2 Å². The van der Waals surface area contributed by atoms with Crippen molar-refractivity contribution in [3.05, 3.63) is 44.8 Å². The van der Waals surface area contributed by atoms with Gasteiger partial charge in [0.05, 0.1) is 16.4 Å². The van der Waals surface area contributed by atoms with Crippen molar-refractivity contribution in [2.75, 3.05) is 11.1 Å². The second kappa shape index (κ2) is 6.80. The van der Waals surface area contributed by atoms with Crippen molar-refractivity contribution in [2.24, 2.45) is 0 Å². The van der Waals surface area contributed by atoms with E-state index in [1.54, 1.807) is 13.8 Å². The SMILES string of the molecule is Cc1nc(SCC(=O)Nc2ccc(Cl)cc2[N+](=O)[O-])oc1C. The second-order valence-electron chi connectivity index (χ2n) is 4.38. The topological polar surface area (TPSA) is 98.3 Å². The van der Waals surface area contributed by atoms with E-state index in [4.69, 9.17) is 16.0 Å². The number of carbonyl (C=O) groups is 1. The van der Waals surface area contributed by atoms with Gasteiger partial charge in [-0.15, -0.1) is 0 Å². The third kappa shape index (κ3) is 3.99. The quantitative estimate of drug-likeness (QED) is 0.507. The molecule has 0 bridgehead atoms. The molecule has 7 nitrogen and oxygen atoms in total. The maximum absolute atomic E-state index is 11.9. The van der Waals surface area contributed by atoms with Crippen LogP contribution in [-0.4, -0.2) is 21.6 Å². The lowest BCUT2D eigenvalue weighted by molar-refractivity contribution is -0.383. The number of amides is 1. The number of nitrogens with one attached hydrogen (secondary N) is 1. The van der Waals surface area contributed by atoms with Gasteiger partial charge in [0.25, 0.3) is 10.9 Å². The van der Waals surface area contributed by atoms with Crippen LogP contribution in [0, 0.1) is 24.0 Å². The van der Waals surface area contributed by atoms with Crippen LogP contribution in [0.15, 0.2) is 27.8 Å². The lowest BCUT2D eigenvalue weighted by Crippen LogP contribution is -2.15. The van der Waals surface area contributed by atoms with Gasteiger partial charge in [-0.05, 0) is 26.0 Å². The Kier molecular flexibility index (Phi) is 5.04. The number of anilines is 1. The number of halogens is 1. The summed E-state index contributed by atoms with van der Waals surface area (Å²) in [6, 6.07) is 4.05. The standard InChI is InChI=1S/C13H12ClN3O4S/c1-7-8(2)21-13(15-7)22-6-12(18)16-10-4-3-9(14)5-11(10)17(19)20/h3-5H,6H2,1-2H3,(H,16,18). The van der Waals surface area contributed by atoms with E-state index >= 15 is 0 Å². The molecule has 0 saturated heterocycles. The molecule has 1 aromatic heterocycles. The van der Waals surface area contributed by atoms with Crippen LogP contribution in [0.25, 0.3) is 0 Å². The fourth-order valence-corrected chi connectivity index (χ4v) is 2.46. The van der Waals surface area contributed by atoms with Crippen molar-refractivity contribution in [1.29, 1.82) is 0 Å². The minimum atomic E-state index is -0.602. The van der Waals surface area contributed by atoms with Crippen LogP contribution in [0.5, 0.6) is 0 Å². The van der Waals surface area contributed by atoms with E-state index < -0.39 is 10.8 Å². The number of hydrogen-bond donors (Lipinski definition) is 1. The summed E-state index contributed by atoms with van der Waals surface area (Å²) in [4.78, 5) is 26.4. The number of oxazole rings is 1. The van der Waals surface area contributed by atoms with Crippen LogP contribution in [0.3, 0.4) is 0 Å². The molecule has 0 fully saturated rings. The molecule has 2 rings (SSSR count). The van der Waals surface area contributed by atoms with Crippen molar-refractivity contribution in [2.45, 2.75) is 19.1 Å². The van der Waals surface area contributed by atoms with Crippen molar-refractivity contribution in [3.63, 3.8) is 0 Å². The van der Waals surface area contributed by atoms with Crippen LogP contribution in [0.2, 0.25) is 5.02 Å². The Morgan fingerprint density at radius 1 is 1.50 bits per heavy atom. The zero-order chi connectivity index (χ0) is 16.3. The first-order valence-electron chi connectivity index (χ1n) is 6.17. The summed E-state index contributed by atoms with van der Waals surface area (Å²) in [5, 5.41) is 14.0. The summed E-state index contributed by atoms with van der Waals surface area (Å²) in [7, 11) is 0. The minimum absolute atomic E-state index is 0.0270. The molecular formula is C13H12ClN3O4S. The van der Waals surface area contributed by atoms with Crippen molar-refractivity contribution in [1.82, 2.24) is 4.98 Å². The number of nitrogens with zero attached hydrogens (tertiary/aromatic N) is 2. The monoisotopic (exact) mass is 341 g/mol. The van der Waals surface area contributed by atoms with Gasteiger partial charge < -0.3 is 9.73 Å². The highest BCUT2D eigenvalue weighted by Gasteiger charge is 2.17. The summed E-state index contributed by atoms with van der Waals surface area (Å²) in [5.41, 5.74) is 0.602. The summed E-state index contributed by atoms with van der Waals surface area (Å²) in [6.45, 7) is 3.59. The molecule has 2 aromatic rings. The summed E-state index contributed by atoms with van der Waals surface area (Å²) in [5.74, 6) is 0.319. The number of nitro groups is 1. The number of thioether (sulfide) groups is 1. The van der Waals surface area contributed by atoms with Crippen LogP contribution in [-0.2, 0) is 4.79 Å². The van der Waals surface area contributed by atoms with Crippen LogP contribution in [0.1, 0.15) is 11.5 Å². The van der Waals surface area contributed by atoms with Gasteiger partial charge >= 0.3 is 0 Å². The molecule has 0 aliphatic carbocycles. The van der Waals surface area contributed by atoms with Crippen LogP contribution < -0.4 is 5.32 Å². The van der Waals surface area contributed by atoms with E-state index in [0.29, 0.717) is 11.0 Å². The molecule has 1 N–H and O–H groups in total. The summed E-state index contributed by atoms with van der Waals surface area (Å²) >= 11 is 6.83. The molecule has 9 heteroatoms. The Morgan fingerprint density at radius 2 is 2.23 bits per heavy atom. The Labute approximate surface area is 135 Å². The van der Waals surface area contributed by atoms with E-state index in [0.717, 1.165) is 17.5 Å². The summed E-state index contributed by atoms with van der Waals surface area (Å²) in [6.07, 6.45) is 0. The molecule has 0 aliphatic rings. The van der Waals surface area contributed by atoms with Crippen molar-refractivity contribution >= 4 is 40.6 Å². The van der Waals surface area contributed by atoms with E-state index in [2.05, 4.69) is 10.3 Å². The largest absolute Gasteiger partial charge is 0.437 e. The number of benzene rings is 1. The Balaban J connectivity index is 2.01. The molecule has 22 heavy (non-hydrogen) atoms. The molecule has 116 valence electrons. The maximum Gasteiger partial charge on any atom is 0.294 e. The lowest BCUT2D eigenvalue weighted by atomic mass is 10.2. The van der Waals surface area contributed by atoms with Gasteiger partial charge in [-0.2, -0.15) is 0 Å². The first-order valence-corrected chi connectivity index (χ1v) is 7.54. The normalized spacial score (nSPS) is 10.5. The average Bonchev–Trinajstić information content (AvgIpc) is 2.77. The van der Waals surface area contributed by atoms with Gasteiger partial charge in [0.2, 0.25) is 5.91 Å². The predicted molar refractivity (Wildman–Crippen MR) is 83.4 cm³/mol. The van der Waals surface area contributed by atoms with E-state index in [9.17, 15) is 14.9 Å². The molecule has 1 heterocycles. The van der Waals surface area contributed by atoms with Crippen LogP contribution >= 0.6 is 23.4 Å². The molecule has 0 radical (unpaired) electrons. The second-order valence-corrected chi connectivity index (χ2v) is 5.74. The molecule has 1 amide bonds. The Hall–Kier alpha value is -2.06. The van der Waals surface area contributed by atoms with Gasteiger partial charge in [0, 0.05) is 11.1 Å². The molecular weight excluding hydrogens is 330 g/mol. The third-order valence-electron chi connectivity index (χ3n) is 2.77. The number of carbonyl (C=O) groups excluding carboxylic acids is 1. The highest BCUT2D eigenvalue weighted by atomic mass is 35.5. The minimum Gasteiger partial charge on any atom is -0.437 e. The van der Waals surface area contributed by atoms with Crippen molar-refractivity contribution in [3.8, 4) is 0 Å². The highest BCUT2D eigenvalue weighted by Crippen LogP contribution is 2.28. The predicted octanol–water partition coefficient (Wildman–Crippen LogP) is 3.58. The number of hydrogen-bond acceptors (Lipinski definition) is 6. The first kappa shape index (κ1) is 16.3. The molecule has 0 atom stereocenters. The van der Waals surface area contributed by atoms with E-state index in [1.165, 1.54) is 18.2 Å². The zero-order valence-electron chi connectivity index (χ0n) is 11.8. The zero-order valence-corrected chi connectivity index (χ0v) is 13.3. The highest BCUT2D eigenvalue weighted by molar-refractivity contribution is 7.99. The smallest absolute Gasteiger partial charge is 0.294 e. The van der Waals surface area contributed by atoms with Gasteiger partial charge in [-0.25, -0.2) is 4.98 Å². The van der Waals surface area contributed by atoms with Gasteiger partial charge in [0.1, 0.15) is 11.4 Å². The number of aryl methyl sites for hydroxylation is 2. The fraction of sp³-hybridized carbons (Fsp3) is 0.231. The van der Waals surface area contributed by atoms with Crippen LogP contribution in [0.4, 0.5) is 11.4 Å². The summed E-state index contributed by atoms with van der Waals surface area (Å²) < 4.78 is 5.34. The number of nitro benzene ring substituents is 1. The Bertz CT molecular complexity index is 713. The lowest BCUT2D eigenvalue weighted by Gasteiger charge is -2.05. The van der Waals surface area contributed by atoms with Gasteiger partial charge in [-0.1, -0.05) is 23.4 Å². The van der Waals surface area contributed by atoms with Gasteiger partial charge in [-0.3, -0.25) is 14.9 Å². The van der Waals surface area contributed by atoms with Gasteiger partial charge in [0.15, 0.2) is 0 Å². The number of aromatic nitrogens is 1. The maximum atomic E-state index is 11.9.